The molecule has 0 spiro atoms. The van der Waals surface area contributed by atoms with Crippen LogP contribution in [0.4, 0.5) is 9.39 Å². The van der Waals surface area contributed by atoms with Crippen molar-refractivity contribution in [2.45, 2.75) is 62.9 Å². The first-order valence-corrected chi connectivity index (χ1v) is 13.0. The zero-order chi connectivity index (χ0) is 24.6. The van der Waals surface area contributed by atoms with Crippen molar-refractivity contribution in [3.63, 3.8) is 0 Å². The van der Waals surface area contributed by atoms with Crippen LogP contribution in [-0.2, 0) is 31.3 Å². The molecule has 1 aliphatic heterocycles. The summed E-state index contributed by atoms with van der Waals surface area (Å²) >= 11 is 1.33. The van der Waals surface area contributed by atoms with Gasteiger partial charge in [0.1, 0.15) is 10.8 Å². The van der Waals surface area contributed by atoms with Gasteiger partial charge in [-0.3, -0.25) is 4.79 Å². The molecule has 0 saturated heterocycles. The van der Waals surface area contributed by atoms with Gasteiger partial charge in [-0.15, -0.1) is 11.3 Å². The van der Waals surface area contributed by atoms with E-state index in [2.05, 4.69) is 24.5 Å². The molecule has 2 heterocycles. The number of nitrogens with one attached hydrogen (secondary N) is 2. The number of hydrogen-bond donors (Lipinski definition) is 2. The monoisotopic (exact) mass is 496 g/mol. The third kappa shape index (κ3) is 5.62. The molecule has 2 N–H and O–H groups in total. The average Bonchev–Trinajstić information content (AvgIpc) is 3.04. The number of carbonyl (C=O) groups is 2. The number of sulfone groups is 1. The number of halogens is 1. The number of ether oxygens (including phenoxy) is 1. The summed E-state index contributed by atoms with van der Waals surface area (Å²) < 4.78 is 42.9. The lowest BCUT2D eigenvalue weighted by Crippen LogP contribution is -2.55. The maximum atomic E-state index is 13.0. The molecule has 1 aromatic heterocycles. The Morgan fingerprint density at radius 1 is 1.18 bits per heavy atom. The quantitative estimate of drug-likeness (QED) is 0.443. The van der Waals surface area contributed by atoms with Crippen molar-refractivity contribution in [1.29, 1.82) is 0 Å². The predicted octanol–water partition coefficient (Wildman–Crippen LogP) is 4.03. The number of esters is 1. The van der Waals surface area contributed by atoms with E-state index >= 15 is 0 Å². The second kappa shape index (κ2) is 9.15. The highest BCUT2D eigenvalue weighted by molar-refractivity contribution is 7.91. The topological polar surface area (TPSA) is 102 Å². The number of benzene rings is 1. The van der Waals surface area contributed by atoms with Crippen molar-refractivity contribution in [3.05, 3.63) is 46.1 Å². The minimum absolute atomic E-state index is 0.0144. The Hall–Kier alpha value is -2.30. The van der Waals surface area contributed by atoms with Crippen LogP contribution in [0.3, 0.4) is 0 Å². The third-order valence-electron chi connectivity index (χ3n) is 5.48. The Labute approximate surface area is 197 Å². The van der Waals surface area contributed by atoms with Crippen LogP contribution in [-0.4, -0.2) is 38.7 Å². The number of thiophene rings is 1. The normalized spacial score (nSPS) is 16.7. The smallest absolute Gasteiger partial charge is 0.341 e. The van der Waals surface area contributed by atoms with Crippen molar-refractivity contribution in [2.24, 2.45) is 0 Å². The second-order valence-corrected chi connectivity index (χ2v) is 12.5. The van der Waals surface area contributed by atoms with E-state index in [0.717, 1.165) is 22.6 Å². The average molecular weight is 497 g/mol. The molecule has 0 aliphatic carbocycles. The molecule has 1 aliphatic rings. The van der Waals surface area contributed by atoms with Crippen LogP contribution >= 0.6 is 11.3 Å². The van der Waals surface area contributed by atoms with Gasteiger partial charge in [0, 0.05) is 22.4 Å². The first kappa shape index (κ1) is 25.3. The van der Waals surface area contributed by atoms with Gasteiger partial charge >= 0.3 is 5.97 Å². The maximum absolute atomic E-state index is 13.0. The summed E-state index contributed by atoms with van der Waals surface area (Å²) in [5.74, 6) is -1.68. The van der Waals surface area contributed by atoms with Crippen molar-refractivity contribution in [1.82, 2.24) is 5.32 Å². The number of rotatable bonds is 7. The largest absolute Gasteiger partial charge is 0.465 e. The Balaban J connectivity index is 1.75. The fourth-order valence-electron chi connectivity index (χ4n) is 4.31. The van der Waals surface area contributed by atoms with Gasteiger partial charge in [0.2, 0.25) is 5.91 Å². The molecular weight excluding hydrogens is 467 g/mol. The van der Waals surface area contributed by atoms with Gasteiger partial charge < -0.3 is 15.4 Å². The molecule has 1 aromatic carbocycles. The Morgan fingerprint density at radius 2 is 1.82 bits per heavy atom. The molecule has 0 atom stereocenters. The summed E-state index contributed by atoms with van der Waals surface area (Å²) in [5.41, 5.74) is 0.551. The van der Waals surface area contributed by atoms with Crippen LogP contribution in [0.15, 0.2) is 29.2 Å². The van der Waals surface area contributed by atoms with Crippen LogP contribution < -0.4 is 10.6 Å². The highest BCUT2D eigenvalue weighted by Gasteiger charge is 2.42. The summed E-state index contributed by atoms with van der Waals surface area (Å²) in [6.07, 6.45) is 0.638. The Kier molecular flexibility index (Phi) is 7.02. The van der Waals surface area contributed by atoms with Gasteiger partial charge in [-0.1, -0.05) is 0 Å². The van der Waals surface area contributed by atoms with Crippen molar-refractivity contribution < 1.29 is 27.1 Å². The minimum Gasteiger partial charge on any atom is -0.465 e. The van der Waals surface area contributed by atoms with Gasteiger partial charge in [0.25, 0.3) is 0 Å². The standard InChI is InChI=1S/C23H29FN2O5S2/c1-22(2)13-16-18(21(28)31-5)20(32-19(16)23(3,4)26-22)25-17(27)7-6-12-33(29,30)15-10-8-14(24)9-11-15/h8-11,26H,6-7,12-13H2,1-5H3,(H,25,27). The zero-order valence-corrected chi connectivity index (χ0v) is 21.0. The number of amides is 1. The number of fused-ring (bicyclic) bond motifs is 1. The van der Waals surface area contributed by atoms with Crippen LogP contribution in [0, 0.1) is 5.82 Å². The highest BCUT2D eigenvalue weighted by Crippen LogP contribution is 2.45. The number of anilines is 1. The van der Waals surface area contributed by atoms with Crippen LogP contribution in [0.2, 0.25) is 0 Å². The van der Waals surface area contributed by atoms with E-state index in [0.29, 0.717) is 17.0 Å². The van der Waals surface area contributed by atoms with Crippen LogP contribution in [0.5, 0.6) is 0 Å². The van der Waals surface area contributed by atoms with Gasteiger partial charge in [0.15, 0.2) is 9.84 Å². The number of methoxy groups -OCH3 is 1. The number of hydrogen-bond acceptors (Lipinski definition) is 7. The maximum Gasteiger partial charge on any atom is 0.341 e. The van der Waals surface area contributed by atoms with Gasteiger partial charge in [-0.05, 0) is 70.4 Å². The van der Waals surface area contributed by atoms with Crippen molar-refractivity contribution >= 4 is 38.1 Å². The van der Waals surface area contributed by atoms with Gasteiger partial charge in [-0.25, -0.2) is 17.6 Å². The lowest BCUT2D eigenvalue weighted by molar-refractivity contribution is -0.116. The fourth-order valence-corrected chi connectivity index (χ4v) is 6.90. The second-order valence-electron chi connectivity index (χ2n) is 9.34. The molecule has 3 rings (SSSR count). The highest BCUT2D eigenvalue weighted by atomic mass is 32.2. The van der Waals surface area contributed by atoms with Gasteiger partial charge in [-0.2, -0.15) is 0 Å². The minimum atomic E-state index is -3.63. The summed E-state index contributed by atoms with van der Waals surface area (Å²) in [6.45, 7) is 8.15. The first-order chi connectivity index (χ1) is 15.3. The van der Waals surface area contributed by atoms with E-state index in [1.165, 1.54) is 30.6 Å². The first-order valence-electron chi connectivity index (χ1n) is 10.6. The molecular formula is C23H29FN2O5S2. The van der Waals surface area contributed by atoms with E-state index < -0.39 is 33.1 Å². The SMILES string of the molecule is COC(=O)c1c(NC(=O)CCCS(=O)(=O)c2ccc(F)cc2)sc2c1CC(C)(C)NC2(C)C. The molecule has 2 aromatic rings. The van der Waals surface area contributed by atoms with E-state index in [9.17, 15) is 22.4 Å². The lowest BCUT2D eigenvalue weighted by Gasteiger charge is -2.42. The Morgan fingerprint density at radius 3 is 2.42 bits per heavy atom. The van der Waals surface area contributed by atoms with Gasteiger partial charge in [0.05, 0.1) is 23.3 Å². The molecule has 0 radical (unpaired) electrons. The summed E-state index contributed by atoms with van der Waals surface area (Å²) in [5, 5.41) is 6.76. The van der Waals surface area contributed by atoms with Crippen molar-refractivity contribution in [2.75, 3.05) is 18.2 Å². The number of carbonyl (C=O) groups excluding carboxylic acids is 2. The zero-order valence-electron chi connectivity index (χ0n) is 19.4. The molecule has 0 bridgehead atoms. The fraction of sp³-hybridized carbons (Fsp3) is 0.478. The van der Waals surface area contributed by atoms with Crippen LogP contribution in [0.1, 0.15) is 61.3 Å². The van der Waals surface area contributed by atoms with Crippen LogP contribution in [0.25, 0.3) is 0 Å². The van der Waals surface area contributed by atoms with E-state index in [1.807, 2.05) is 13.8 Å². The molecule has 7 nitrogen and oxygen atoms in total. The van der Waals surface area contributed by atoms with E-state index in [4.69, 9.17) is 4.74 Å². The molecule has 0 saturated carbocycles. The molecule has 1 amide bonds. The van der Waals surface area contributed by atoms with Crippen molar-refractivity contribution in [3.8, 4) is 0 Å². The molecule has 0 unspecified atom stereocenters. The third-order valence-corrected chi connectivity index (χ3v) is 8.76. The molecule has 0 fully saturated rings. The molecule has 180 valence electrons. The summed E-state index contributed by atoms with van der Waals surface area (Å²) in [7, 11) is -2.33. The van der Waals surface area contributed by atoms with E-state index in [1.54, 1.807) is 0 Å². The lowest BCUT2D eigenvalue weighted by atomic mass is 9.81. The summed E-state index contributed by atoms with van der Waals surface area (Å²) in [4.78, 5) is 26.2. The summed E-state index contributed by atoms with van der Waals surface area (Å²) in [6, 6.07) is 4.59. The predicted molar refractivity (Wildman–Crippen MR) is 126 cm³/mol. The molecule has 10 heteroatoms. The Bertz CT molecular complexity index is 1170. The van der Waals surface area contributed by atoms with E-state index in [-0.39, 0.29) is 29.0 Å². The molecule has 33 heavy (non-hydrogen) atoms.